The quantitative estimate of drug-likeness (QED) is 0.460. The topological polar surface area (TPSA) is 20.3 Å². The van der Waals surface area contributed by atoms with Crippen LogP contribution < -0.4 is 0 Å². The van der Waals surface area contributed by atoms with Crippen LogP contribution in [0.3, 0.4) is 0 Å². The van der Waals surface area contributed by atoms with Gasteiger partial charge in [0.05, 0.1) is 6.54 Å². The molecule has 0 radical (unpaired) electrons. The average Bonchev–Trinajstić information content (AvgIpc) is 2.09. The van der Waals surface area contributed by atoms with Gasteiger partial charge < -0.3 is 4.79 Å². The second-order valence-electron chi connectivity index (χ2n) is 3.23. The van der Waals surface area contributed by atoms with Crippen molar-refractivity contribution in [2.75, 3.05) is 13.1 Å². The summed E-state index contributed by atoms with van der Waals surface area (Å²) in [5, 5.41) is 0. The number of hydrogen-bond donors (Lipinski definition) is 0. The Morgan fingerprint density at radius 3 is 3.08 bits per heavy atom. The molecule has 2 heteroatoms. The number of hydrogen-bond acceptors (Lipinski definition) is 2. The fraction of sp³-hybridized carbons (Fsp3) is 0.700. The van der Waals surface area contributed by atoms with Crippen LogP contribution in [0.25, 0.3) is 0 Å². The Hall–Kier alpha value is -0.810. The zero-order chi connectivity index (χ0) is 8.81. The maximum Gasteiger partial charge on any atom is 0.121 e. The van der Waals surface area contributed by atoms with Crippen LogP contribution in [-0.4, -0.2) is 30.3 Å². The first-order valence-corrected chi connectivity index (χ1v) is 4.49. The van der Waals surface area contributed by atoms with Gasteiger partial charge in [0, 0.05) is 12.5 Å². The Balaban J connectivity index is 2.43. The highest BCUT2D eigenvalue weighted by Gasteiger charge is 2.20. The SMILES string of the molecule is C#CCN1CCCC[C@H]1CC=O. The molecular weight excluding hydrogens is 150 g/mol. The second-order valence-corrected chi connectivity index (χ2v) is 3.23. The van der Waals surface area contributed by atoms with Gasteiger partial charge in [-0.1, -0.05) is 12.3 Å². The molecule has 1 aliphatic rings. The smallest absolute Gasteiger partial charge is 0.121 e. The van der Waals surface area contributed by atoms with Gasteiger partial charge in [0.25, 0.3) is 0 Å². The molecule has 0 spiro atoms. The zero-order valence-corrected chi connectivity index (χ0v) is 7.33. The minimum Gasteiger partial charge on any atom is -0.303 e. The van der Waals surface area contributed by atoms with Gasteiger partial charge in [-0.15, -0.1) is 6.42 Å². The minimum absolute atomic E-state index is 0.410. The third kappa shape index (κ3) is 2.35. The van der Waals surface area contributed by atoms with E-state index in [1.165, 1.54) is 12.8 Å². The summed E-state index contributed by atoms with van der Waals surface area (Å²) in [6, 6.07) is 0.410. The number of terminal acetylenes is 1. The molecule has 0 saturated carbocycles. The first kappa shape index (κ1) is 9.28. The number of likely N-dealkylation sites (tertiary alicyclic amines) is 1. The van der Waals surface area contributed by atoms with E-state index in [1.807, 2.05) is 0 Å². The highest BCUT2D eigenvalue weighted by Crippen LogP contribution is 2.17. The number of carbonyl (C=O) groups is 1. The normalized spacial score (nSPS) is 24.8. The van der Waals surface area contributed by atoms with Gasteiger partial charge in [-0.25, -0.2) is 0 Å². The molecule has 1 heterocycles. The standard InChI is InChI=1S/C10H15NO/c1-2-7-11-8-4-3-5-10(11)6-9-12/h1,9-10H,3-8H2/t10-/m0/s1. The van der Waals surface area contributed by atoms with Crippen molar-refractivity contribution in [3.63, 3.8) is 0 Å². The lowest BCUT2D eigenvalue weighted by atomic mass is 10.00. The van der Waals surface area contributed by atoms with Gasteiger partial charge in [-0.05, 0) is 19.4 Å². The first-order valence-electron chi connectivity index (χ1n) is 4.49. The van der Waals surface area contributed by atoms with Crippen molar-refractivity contribution in [1.82, 2.24) is 4.90 Å². The van der Waals surface area contributed by atoms with Crippen LogP contribution in [0, 0.1) is 12.3 Å². The van der Waals surface area contributed by atoms with Gasteiger partial charge in [-0.3, -0.25) is 4.90 Å². The summed E-state index contributed by atoms with van der Waals surface area (Å²) in [5.74, 6) is 2.64. The molecule has 0 aromatic rings. The summed E-state index contributed by atoms with van der Waals surface area (Å²) in [7, 11) is 0. The largest absolute Gasteiger partial charge is 0.303 e. The number of carbonyl (C=O) groups excluding carboxylic acids is 1. The van der Waals surface area contributed by atoms with Crippen LogP contribution >= 0.6 is 0 Å². The zero-order valence-electron chi connectivity index (χ0n) is 7.33. The molecule has 0 aromatic carbocycles. The Morgan fingerprint density at radius 1 is 1.58 bits per heavy atom. The molecule has 1 aliphatic heterocycles. The van der Waals surface area contributed by atoms with E-state index in [0.29, 0.717) is 19.0 Å². The molecule has 2 nitrogen and oxygen atoms in total. The Kier molecular flexibility index (Phi) is 3.83. The lowest BCUT2D eigenvalue weighted by Gasteiger charge is -2.33. The third-order valence-corrected chi connectivity index (χ3v) is 2.41. The van der Waals surface area contributed by atoms with Crippen molar-refractivity contribution in [3.05, 3.63) is 0 Å². The highest BCUT2D eigenvalue weighted by molar-refractivity contribution is 5.50. The first-order chi connectivity index (χ1) is 5.88. The molecule has 0 unspecified atom stereocenters. The van der Waals surface area contributed by atoms with Crippen LogP contribution in [0.4, 0.5) is 0 Å². The molecule has 0 amide bonds. The molecule has 1 fully saturated rings. The number of aldehydes is 1. The summed E-state index contributed by atoms with van der Waals surface area (Å²) >= 11 is 0. The van der Waals surface area contributed by atoms with Gasteiger partial charge in [-0.2, -0.15) is 0 Å². The molecule has 0 aliphatic carbocycles. The Bertz CT molecular complexity index is 183. The molecule has 1 rings (SSSR count). The van der Waals surface area contributed by atoms with Crippen LogP contribution in [-0.2, 0) is 4.79 Å². The molecule has 0 N–H and O–H groups in total. The summed E-state index contributed by atoms with van der Waals surface area (Å²) < 4.78 is 0. The molecule has 0 bridgehead atoms. The summed E-state index contributed by atoms with van der Waals surface area (Å²) in [5.41, 5.74) is 0. The molecule has 66 valence electrons. The van der Waals surface area contributed by atoms with E-state index in [-0.39, 0.29) is 0 Å². The molecule has 12 heavy (non-hydrogen) atoms. The maximum atomic E-state index is 10.3. The third-order valence-electron chi connectivity index (χ3n) is 2.41. The van der Waals surface area contributed by atoms with Gasteiger partial charge in [0.1, 0.15) is 6.29 Å². The predicted molar refractivity (Wildman–Crippen MR) is 48.7 cm³/mol. The average molecular weight is 165 g/mol. The van der Waals surface area contributed by atoms with E-state index in [9.17, 15) is 4.79 Å². The molecule has 1 atom stereocenters. The number of piperidine rings is 1. The van der Waals surface area contributed by atoms with E-state index in [2.05, 4.69) is 10.8 Å². The lowest BCUT2D eigenvalue weighted by molar-refractivity contribution is -0.109. The van der Waals surface area contributed by atoms with E-state index in [4.69, 9.17) is 6.42 Å². The predicted octanol–water partition coefficient (Wildman–Crippen LogP) is 1.06. The maximum absolute atomic E-state index is 10.3. The monoisotopic (exact) mass is 165 g/mol. The molecule has 1 saturated heterocycles. The summed E-state index contributed by atoms with van der Waals surface area (Å²) in [6.07, 6.45) is 10.5. The van der Waals surface area contributed by atoms with E-state index >= 15 is 0 Å². The van der Waals surface area contributed by atoms with Crippen molar-refractivity contribution < 1.29 is 4.79 Å². The van der Waals surface area contributed by atoms with Crippen LogP contribution in [0.5, 0.6) is 0 Å². The van der Waals surface area contributed by atoms with Crippen molar-refractivity contribution in [2.24, 2.45) is 0 Å². The van der Waals surface area contributed by atoms with Crippen molar-refractivity contribution >= 4 is 6.29 Å². The number of rotatable bonds is 3. The minimum atomic E-state index is 0.410. The Morgan fingerprint density at radius 2 is 2.42 bits per heavy atom. The van der Waals surface area contributed by atoms with E-state index < -0.39 is 0 Å². The van der Waals surface area contributed by atoms with E-state index in [1.54, 1.807) is 0 Å². The fourth-order valence-corrected chi connectivity index (χ4v) is 1.76. The van der Waals surface area contributed by atoms with Crippen molar-refractivity contribution in [3.8, 4) is 12.3 Å². The van der Waals surface area contributed by atoms with Gasteiger partial charge in [0.2, 0.25) is 0 Å². The molecule has 0 aromatic heterocycles. The number of nitrogens with zero attached hydrogens (tertiary/aromatic N) is 1. The highest BCUT2D eigenvalue weighted by atomic mass is 16.1. The fourth-order valence-electron chi connectivity index (χ4n) is 1.76. The van der Waals surface area contributed by atoms with Crippen LogP contribution in [0.1, 0.15) is 25.7 Å². The van der Waals surface area contributed by atoms with Crippen molar-refractivity contribution in [2.45, 2.75) is 31.7 Å². The van der Waals surface area contributed by atoms with Crippen LogP contribution in [0.2, 0.25) is 0 Å². The van der Waals surface area contributed by atoms with Crippen molar-refractivity contribution in [1.29, 1.82) is 0 Å². The summed E-state index contributed by atoms with van der Waals surface area (Å²) in [6.45, 7) is 1.75. The van der Waals surface area contributed by atoms with Gasteiger partial charge in [0.15, 0.2) is 0 Å². The summed E-state index contributed by atoms with van der Waals surface area (Å²) in [4.78, 5) is 12.6. The van der Waals surface area contributed by atoms with Crippen LogP contribution in [0.15, 0.2) is 0 Å². The van der Waals surface area contributed by atoms with Gasteiger partial charge >= 0.3 is 0 Å². The molecular formula is C10H15NO. The Labute approximate surface area is 73.9 Å². The lowest BCUT2D eigenvalue weighted by Crippen LogP contribution is -2.39. The second kappa shape index (κ2) is 4.95. The van der Waals surface area contributed by atoms with E-state index in [0.717, 1.165) is 19.3 Å².